The molecule has 0 bridgehead atoms. The molecule has 2 rings (SSSR count). The van der Waals surface area contributed by atoms with Crippen molar-refractivity contribution in [1.82, 2.24) is 0 Å². The minimum Gasteiger partial charge on any atom is -0.284 e. The van der Waals surface area contributed by atoms with Crippen molar-refractivity contribution in [1.29, 1.82) is 0 Å². The Bertz CT molecular complexity index is 917. The number of rotatable bonds is 6. The highest BCUT2D eigenvalue weighted by Gasteiger charge is 2.23. The van der Waals surface area contributed by atoms with Crippen molar-refractivity contribution in [3.05, 3.63) is 71.9 Å². The number of carbonyl (C=O) groups excluding carboxylic acids is 2. The van der Waals surface area contributed by atoms with Gasteiger partial charge in [-0.1, -0.05) is 35.4 Å². The molecule has 5 nitrogen and oxygen atoms in total. The van der Waals surface area contributed by atoms with Crippen LogP contribution in [0.5, 0.6) is 0 Å². The van der Waals surface area contributed by atoms with Crippen LogP contribution in [0.15, 0.2) is 65.7 Å². The molecular weight excluding hydrogens is 362 g/mol. The largest absolute Gasteiger partial charge is 0.292 e. The third-order valence-corrected chi connectivity index (χ3v) is 5.33. The van der Waals surface area contributed by atoms with E-state index in [4.69, 9.17) is 11.6 Å². The second-order valence-electron chi connectivity index (χ2n) is 5.40. The average Bonchev–Trinajstić information content (AvgIpc) is 2.56. The van der Waals surface area contributed by atoms with Crippen LogP contribution in [-0.4, -0.2) is 19.4 Å². The fourth-order valence-electron chi connectivity index (χ4n) is 2.02. The Labute approximate surface area is 151 Å². The molecule has 0 heterocycles. The summed E-state index contributed by atoms with van der Waals surface area (Å²) in [7, 11) is -3.97. The van der Waals surface area contributed by atoms with E-state index in [1.54, 1.807) is 36.4 Å². The van der Waals surface area contributed by atoms with Crippen LogP contribution in [0.1, 0.15) is 11.1 Å². The van der Waals surface area contributed by atoms with E-state index >= 15 is 0 Å². The number of benzene rings is 2. The van der Waals surface area contributed by atoms with E-state index in [1.807, 2.05) is 13.8 Å². The SMILES string of the molecule is Cc1ccc(N(/C=C/C(=O)C(=O)Cl)S(=O)(=O)c2ccc(C)cc2)cc1. The van der Waals surface area contributed by atoms with E-state index in [0.29, 0.717) is 5.69 Å². The number of carbonyl (C=O) groups is 2. The molecule has 2 aromatic carbocycles. The molecule has 0 aliphatic heterocycles. The quantitative estimate of drug-likeness (QED) is 0.439. The lowest BCUT2D eigenvalue weighted by Gasteiger charge is -2.21. The predicted molar refractivity (Wildman–Crippen MR) is 97.0 cm³/mol. The minimum absolute atomic E-state index is 0.0629. The van der Waals surface area contributed by atoms with Crippen LogP contribution in [0, 0.1) is 13.8 Å². The third kappa shape index (κ3) is 4.55. The van der Waals surface area contributed by atoms with Crippen molar-refractivity contribution < 1.29 is 18.0 Å². The number of allylic oxidation sites excluding steroid dienone is 1. The highest BCUT2D eigenvalue weighted by molar-refractivity contribution is 7.93. The number of halogens is 1. The van der Waals surface area contributed by atoms with Gasteiger partial charge in [0.05, 0.1) is 10.6 Å². The average molecular weight is 378 g/mol. The van der Waals surface area contributed by atoms with E-state index in [9.17, 15) is 18.0 Å². The van der Waals surface area contributed by atoms with Crippen molar-refractivity contribution in [2.24, 2.45) is 0 Å². The monoisotopic (exact) mass is 377 g/mol. The molecule has 7 heteroatoms. The summed E-state index contributed by atoms with van der Waals surface area (Å²) in [5, 5.41) is -1.19. The van der Waals surface area contributed by atoms with Gasteiger partial charge in [0.25, 0.3) is 15.3 Å². The van der Waals surface area contributed by atoms with Crippen molar-refractivity contribution in [3.63, 3.8) is 0 Å². The number of nitrogens with zero attached hydrogens (tertiary/aromatic N) is 1. The Morgan fingerprint density at radius 2 is 1.40 bits per heavy atom. The van der Waals surface area contributed by atoms with Crippen molar-refractivity contribution >= 4 is 38.3 Å². The van der Waals surface area contributed by atoms with Gasteiger partial charge in [0.2, 0.25) is 5.78 Å². The minimum atomic E-state index is -3.97. The van der Waals surface area contributed by atoms with E-state index in [2.05, 4.69) is 0 Å². The van der Waals surface area contributed by atoms with E-state index < -0.39 is 21.0 Å². The first-order valence-corrected chi connectivity index (χ1v) is 9.13. The summed E-state index contributed by atoms with van der Waals surface area (Å²) >= 11 is 5.12. The second-order valence-corrected chi connectivity index (χ2v) is 7.56. The molecule has 25 heavy (non-hydrogen) atoms. The fourth-order valence-corrected chi connectivity index (χ4v) is 3.41. The summed E-state index contributed by atoms with van der Waals surface area (Å²) in [6.45, 7) is 3.72. The van der Waals surface area contributed by atoms with Gasteiger partial charge in [-0.25, -0.2) is 12.7 Å². The number of ketones is 1. The summed E-state index contributed by atoms with van der Waals surface area (Å²) in [4.78, 5) is 22.4. The van der Waals surface area contributed by atoms with Crippen molar-refractivity contribution in [3.8, 4) is 0 Å². The maximum atomic E-state index is 13.0. The number of hydrogen-bond acceptors (Lipinski definition) is 4. The van der Waals surface area contributed by atoms with E-state index in [0.717, 1.165) is 27.7 Å². The Balaban J connectivity index is 2.53. The molecule has 0 spiro atoms. The molecule has 0 radical (unpaired) electrons. The van der Waals surface area contributed by atoms with Gasteiger partial charge in [-0.3, -0.25) is 9.59 Å². The van der Waals surface area contributed by atoms with E-state index in [1.165, 1.54) is 12.1 Å². The zero-order chi connectivity index (χ0) is 18.6. The highest BCUT2D eigenvalue weighted by atomic mass is 35.5. The van der Waals surface area contributed by atoms with Gasteiger partial charge in [-0.15, -0.1) is 0 Å². The summed E-state index contributed by atoms with van der Waals surface area (Å²) in [5.41, 5.74) is 2.20. The van der Waals surface area contributed by atoms with Gasteiger partial charge in [0.1, 0.15) is 0 Å². The molecule has 0 atom stereocenters. The highest BCUT2D eigenvalue weighted by Crippen LogP contribution is 2.25. The molecule has 130 valence electrons. The molecule has 0 aliphatic rings. The molecule has 2 aromatic rings. The smallest absolute Gasteiger partial charge is 0.284 e. The molecule has 0 N–H and O–H groups in total. The Hall–Kier alpha value is -2.44. The molecule has 0 aliphatic carbocycles. The van der Waals surface area contributed by atoms with Crippen LogP contribution in [0.3, 0.4) is 0 Å². The standard InChI is InChI=1S/C18H16ClNO4S/c1-13-3-7-15(8-4-13)20(12-11-17(21)18(19)22)25(23,24)16-9-5-14(2)6-10-16/h3-12H,1-2H3/b12-11+. The Morgan fingerprint density at radius 1 is 0.920 bits per heavy atom. The lowest BCUT2D eigenvalue weighted by Crippen LogP contribution is -2.26. The van der Waals surface area contributed by atoms with Crippen LogP contribution < -0.4 is 4.31 Å². The van der Waals surface area contributed by atoms with Gasteiger partial charge in [0, 0.05) is 12.3 Å². The lowest BCUT2D eigenvalue weighted by molar-refractivity contribution is -0.129. The van der Waals surface area contributed by atoms with Gasteiger partial charge in [0.15, 0.2) is 0 Å². The predicted octanol–water partition coefficient (Wildman–Crippen LogP) is 3.35. The second kappa shape index (κ2) is 7.63. The van der Waals surface area contributed by atoms with Crippen molar-refractivity contribution in [2.75, 3.05) is 4.31 Å². The third-order valence-electron chi connectivity index (χ3n) is 3.42. The van der Waals surface area contributed by atoms with Gasteiger partial charge < -0.3 is 0 Å². The molecule has 0 amide bonds. The molecule has 0 saturated carbocycles. The van der Waals surface area contributed by atoms with Gasteiger partial charge >= 0.3 is 0 Å². The molecule has 0 aromatic heterocycles. The molecule has 0 unspecified atom stereocenters. The zero-order valence-corrected chi connectivity index (χ0v) is 15.2. The molecule has 0 saturated heterocycles. The molecule has 0 fully saturated rings. The first kappa shape index (κ1) is 18.9. The van der Waals surface area contributed by atoms with Gasteiger partial charge in [-0.2, -0.15) is 0 Å². The summed E-state index contributed by atoms with van der Waals surface area (Å²) < 4.78 is 26.9. The van der Waals surface area contributed by atoms with Crippen molar-refractivity contribution in [2.45, 2.75) is 18.7 Å². The Kier molecular flexibility index (Phi) is 5.77. The lowest BCUT2D eigenvalue weighted by atomic mass is 10.2. The van der Waals surface area contributed by atoms with Crippen LogP contribution in [0.4, 0.5) is 5.69 Å². The Morgan fingerprint density at radius 3 is 1.88 bits per heavy atom. The van der Waals surface area contributed by atoms with Crippen LogP contribution in [-0.2, 0) is 19.6 Å². The number of aryl methyl sites for hydroxylation is 2. The van der Waals surface area contributed by atoms with Crippen LogP contribution >= 0.6 is 11.6 Å². The fraction of sp³-hybridized carbons (Fsp3) is 0.111. The molecular formula is C18H16ClNO4S. The number of sulfonamides is 1. The maximum absolute atomic E-state index is 13.0. The summed E-state index contributed by atoms with van der Waals surface area (Å²) in [5.74, 6) is -1.00. The first-order valence-electron chi connectivity index (χ1n) is 7.31. The summed E-state index contributed by atoms with van der Waals surface area (Å²) in [6.07, 6.45) is 1.86. The van der Waals surface area contributed by atoms with E-state index in [-0.39, 0.29) is 4.90 Å². The first-order chi connectivity index (χ1) is 11.7. The number of anilines is 1. The topological polar surface area (TPSA) is 71.5 Å². The van der Waals surface area contributed by atoms with Gasteiger partial charge in [-0.05, 0) is 49.7 Å². The van der Waals surface area contributed by atoms with Crippen LogP contribution in [0.25, 0.3) is 0 Å². The van der Waals surface area contributed by atoms with Crippen LogP contribution in [0.2, 0.25) is 0 Å². The summed E-state index contributed by atoms with van der Waals surface area (Å²) in [6, 6.07) is 13.0. The number of hydrogen-bond donors (Lipinski definition) is 0. The zero-order valence-electron chi connectivity index (χ0n) is 13.6. The maximum Gasteiger partial charge on any atom is 0.292 e. The normalized spacial score (nSPS) is 11.5.